The zero-order valence-electron chi connectivity index (χ0n) is 13.6. The number of methoxy groups -OCH3 is 1. The van der Waals surface area contributed by atoms with Gasteiger partial charge in [0.05, 0.1) is 7.11 Å². The summed E-state index contributed by atoms with van der Waals surface area (Å²) in [5.74, 6) is 0.990. The molecule has 0 heterocycles. The van der Waals surface area contributed by atoms with E-state index in [1.165, 1.54) is 12.0 Å². The minimum Gasteiger partial charge on any atom is -0.496 e. The van der Waals surface area contributed by atoms with Crippen molar-refractivity contribution in [2.75, 3.05) is 27.2 Å². The van der Waals surface area contributed by atoms with E-state index in [-0.39, 0.29) is 0 Å². The molecule has 0 aliphatic rings. The van der Waals surface area contributed by atoms with E-state index >= 15 is 0 Å². The maximum absolute atomic E-state index is 5.44. The molecule has 0 aliphatic heterocycles. The van der Waals surface area contributed by atoms with E-state index in [0.29, 0.717) is 12.1 Å². The van der Waals surface area contributed by atoms with Crippen molar-refractivity contribution in [2.24, 2.45) is 0 Å². The second-order valence-corrected chi connectivity index (χ2v) is 5.58. The van der Waals surface area contributed by atoms with E-state index in [1.807, 2.05) is 12.1 Å². The highest BCUT2D eigenvalue weighted by molar-refractivity contribution is 5.33. The molecule has 0 saturated heterocycles. The second-order valence-electron chi connectivity index (χ2n) is 5.58. The molecule has 114 valence electrons. The predicted molar refractivity (Wildman–Crippen MR) is 86.5 cm³/mol. The normalized spacial score (nSPS) is 14.3. The highest BCUT2D eigenvalue weighted by atomic mass is 16.5. The molecule has 0 aromatic heterocycles. The third-order valence-electron chi connectivity index (χ3n) is 3.96. The monoisotopic (exact) mass is 278 g/mol. The quantitative estimate of drug-likeness (QED) is 0.703. The first kappa shape index (κ1) is 17.0. The predicted octanol–water partition coefficient (Wildman–Crippen LogP) is 2.95. The molecule has 0 fully saturated rings. The molecule has 0 amide bonds. The van der Waals surface area contributed by atoms with Gasteiger partial charge >= 0.3 is 0 Å². The van der Waals surface area contributed by atoms with Crippen molar-refractivity contribution < 1.29 is 4.74 Å². The fourth-order valence-corrected chi connectivity index (χ4v) is 2.40. The Morgan fingerprint density at radius 1 is 1.20 bits per heavy atom. The van der Waals surface area contributed by atoms with Crippen LogP contribution in [-0.2, 0) is 6.42 Å². The number of nitrogens with zero attached hydrogens (tertiary/aromatic N) is 1. The summed E-state index contributed by atoms with van der Waals surface area (Å²) < 4.78 is 5.44. The first-order chi connectivity index (χ1) is 9.60. The van der Waals surface area contributed by atoms with Crippen LogP contribution in [0.1, 0.15) is 32.8 Å². The lowest BCUT2D eigenvalue weighted by Gasteiger charge is -2.31. The van der Waals surface area contributed by atoms with Gasteiger partial charge in [-0.25, -0.2) is 0 Å². The van der Waals surface area contributed by atoms with E-state index in [0.717, 1.165) is 25.3 Å². The number of benzene rings is 1. The summed E-state index contributed by atoms with van der Waals surface area (Å²) in [5, 5.41) is 3.49. The van der Waals surface area contributed by atoms with Crippen molar-refractivity contribution in [1.29, 1.82) is 0 Å². The van der Waals surface area contributed by atoms with E-state index in [4.69, 9.17) is 4.74 Å². The van der Waals surface area contributed by atoms with Gasteiger partial charge < -0.3 is 10.1 Å². The average Bonchev–Trinajstić information content (AvgIpc) is 2.47. The summed E-state index contributed by atoms with van der Waals surface area (Å²) in [6.45, 7) is 8.90. The Labute approximate surface area is 124 Å². The van der Waals surface area contributed by atoms with Gasteiger partial charge in [0.1, 0.15) is 5.75 Å². The zero-order valence-corrected chi connectivity index (χ0v) is 13.6. The van der Waals surface area contributed by atoms with E-state index in [1.54, 1.807) is 7.11 Å². The Kier molecular flexibility index (Phi) is 7.63. The molecule has 1 N–H and O–H groups in total. The van der Waals surface area contributed by atoms with Crippen LogP contribution in [0.15, 0.2) is 24.3 Å². The van der Waals surface area contributed by atoms with E-state index in [9.17, 15) is 0 Å². The van der Waals surface area contributed by atoms with Crippen LogP contribution in [0.3, 0.4) is 0 Å². The number of ether oxygens (including phenoxy) is 1. The van der Waals surface area contributed by atoms with Crippen LogP contribution in [0.4, 0.5) is 0 Å². The van der Waals surface area contributed by atoms with E-state index < -0.39 is 0 Å². The third kappa shape index (κ3) is 5.14. The zero-order chi connectivity index (χ0) is 15.0. The Hall–Kier alpha value is -1.06. The van der Waals surface area contributed by atoms with Crippen LogP contribution < -0.4 is 10.1 Å². The Balaban J connectivity index is 2.54. The standard InChI is InChI=1S/C17H30N2O/c1-6-11-18-13-15(3)19(4)14(2)12-16-9-7-8-10-17(16)20-5/h7-10,14-15,18H,6,11-13H2,1-5H3. The second kappa shape index (κ2) is 8.98. The molecule has 3 heteroatoms. The number of nitrogens with one attached hydrogen (secondary N) is 1. The van der Waals surface area contributed by atoms with Crippen LogP contribution in [0.2, 0.25) is 0 Å². The van der Waals surface area contributed by atoms with Crippen molar-refractivity contribution in [3.8, 4) is 5.75 Å². The van der Waals surface area contributed by atoms with Crippen molar-refractivity contribution in [3.63, 3.8) is 0 Å². The number of hydrogen-bond donors (Lipinski definition) is 1. The molecule has 1 rings (SSSR count). The lowest BCUT2D eigenvalue weighted by molar-refractivity contribution is 0.190. The van der Waals surface area contributed by atoms with Crippen molar-refractivity contribution in [1.82, 2.24) is 10.2 Å². The molecule has 0 spiro atoms. The average molecular weight is 278 g/mol. The SMILES string of the molecule is CCCNCC(C)N(C)C(C)Cc1ccccc1OC. The van der Waals surface area contributed by atoms with Crippen LogP contribution in [0, 0.1) is 0 Å². The maximum atomic E-state index is 5.44. The fourth-order valence-electron chi connectivity index (χ4n) is 2.40. The Morgan fingerprint density at radius 2 is 1.90 bits per heavy atom. The van der Waals surface area contributed by atoms with Gasteiger partial charge in [-0.15, -0.1) is 0 Å². The molecule has 1 aromatic carbocycles. The maximum Gasteiger partial charge on any atom is 0.122 e. The first-order valence-electron chi connectivity index (χ1n) is 7.64. The van der Waals surface area contributed by atoms with Crippen LogP contribution in [-0.4, -0.2) is 44.2 Å². The molecular formula is C17H30N2O. The summed E-state index contributed by atoms with van der Waals surface area (Å²) in [7, 11) is 3.95. The van der Waals surface area contributed by atoms with Gasteiger partial charge in [0, 0.05) is 18.6 Å². The fraction of sp³-hybridized carbons (Fsp3) is 0.647. The third-order valence-corrected chi connectivity index (χ3v) is 3.96. The molecule has 0 aliphatic carbocycles. The molecule has 0 saturated carbocycles. The van der Waals surface area contributed by atoms with Gasteiger partial charge in [-0.3, -0.25) is 4.90 Å². The van der Waals surface area contributed by atoms with Gasteiger partial charge in [0.2, 0.25) is 0 Å². The van der Waals surface area contributed by atoms with Crippen LogP contribution in [0.5, 0.6) is 5.75 Å². The molecule has 0 radical (unpaired) electrons. The summed E-state index contributed by atoms with van der Waals surface area (Å²) in [4.78, 5) is 2.44. The van der Waals surface area contributed by atoms with Gasteiger partial charge in [0.25, 0.3) is 0 Å². The van der Waals surface area contributed by atoms with Gasteiger partial charge in [-0.05, 0) is 51.9 Å². The van der Waals surface area contributed by atoms with Crippen molar-refractivity contribution in [3.05, 3.63) is 29.8 Å². The van der Waals surface area contributed by atoms with Gasteiger partial charge in [-0.2, -0.15) is 0 Å². The lowest BCUT2D eigenvalue weighted by atomic mass is 10.0. The summed E-state index contributed by atoms with van der Waals surface area (Å²) >= 11 is 0. The van der Waals surface area contributed by atoms with Crippen LogP contribution >= 0.6 is 0 Å². The number of rotatable bonds is 9. The molecule has 3 nitrogen and oxygen atoms in total. The lowest BCUT2D eigenvalue weighted by Crippen LogP contribution is -2.43. The number of para-hydroxylation sites is 1. The highest BCUT2D eigenvalue weighted by Gasteiger charge is 2.17. The summed E-state index contributed by atoms with van der Waals surface area (Å²) in [6.07, 6.45) is 2.20. The molecule has 20 heavy (non-hydrogen) atoms. The molecule has 2 unspecified atom stereocenters. The summed E-state index contributed by atoms with van der Waals surface area (Å²) in [5.41, 5.74) is 1.28. The van der Waals surface area contributed by atoms with Crippen molar-refractivity contribution >= 4 is 0 Å². The van der Waals surface area contributed by atoms with Crippen LogP contribution in [0.25, 0.3) is 0 Å². The van der Waals surface area contributed by atoms with Gasteiger partial charge in [0.15, 0.2) is 0 Å². The first-order valence-corrected chi connectivity index (χ1v) is 7.64. The van der Waals surface area contributed by atoms with E-state index in [2.05, 4.69) is 50.2 Å². The highest BCUT2D eigenvalue weighted by Crippen LogP contribution is 2.20. The minimum atomic E-state index is 0.490. The summed E-state index contributed by atoms with van der Waals surface area (Å²) in [6, 6.07) is 9.32. The largest absolute Gasteiger partial charge is 0.496 e. The smallest absolute Gasteiger partial charge is 0.122 e. The number of likely N-dealkylation sites (N-methyl/N-ethyl adjacent to an activating group) is 1. The van der Waals surface area contributed by atoms with Crippen molar-refractivity contribution in [2.45, 2.75) is 45.7 Å². The minimum absolute atomic E-state index is 0.490. The number of hydrogen-bond acceptors (Lipinski definition) is 3. The van der Waals surface area contributed by atoms with Gasteiger partial charge in [-0.1, -0.05) is 25.1 Å². The Morgan fingerprint density at radius 3 is 2.55 bits per heavy atom. The molecule has 0 bridgehead atoms. The molecule has 1 aromatic rings. The topological polar surface area (TPSA) is 24.5 Å². The molecule has 2 atom stereocenters. The Bertz CT molecular complexity index is 381. The molecular weight excluding hydrogens is 248 g/mol.